The van der Waals surface area contributed by atoms with Gasteiger partial charge in [0.2, 0.25) is 0 Å². The molecule has 2 aliphatic heterocycles. The summed E-state index contributed by atoms with van der Waals surface area (Å²) < 4.78 is 0. The average Bonchev–Trinajstić information content (AvgIpc) is 2.63. The number of piperidine rings is 1. The van der Waals surface area contributed by atoms with Gasteiger partial charge in [0.15, 0.2) is 0 Å². The average molecular weight is 246 g/mol. The number of carbonyl (C=O) groups excluding carboxylic acids is 2. The largest absolute Gasteiger partial charge is 0.329 e. The third-order valence-corrected chi connectivity index (χ3v) is 3.52. The highest BCUT2D eigenvalue weighted by atomic mass is 16.2. The van der Waals surface area contributed by atoms with Crippen molar-refractivity contribution in [3.63, 3.8) is 0 Å². The van der Waals surface area contributed by atoms with E-state index < -0.39 is 5.54 Å². The smallest absolute Gasteiger partial charge is 0.323 e. The number of aromatic nitrogens is 1. The van der Waals surface area contributed by atoms with Crippen molar-refractivity contribution in [2.24, 2.45) is 0 Å². The van der Waals surface area contributed by atoms with Crippen LogP contribution in [0.5, 0.6) is 0 Å². The van der Waals surface area contributed by atoms with Gasteiger partial charge in [-0.1, -0.05) is 0 Å². The van der Waals surface area contributed by atoms with Crippen LogP contribution in [0.3, 0.4) is 0 Å². The highest BCUT2D eigenvalue weighted by Gasteiger charge is 2.51. The Bertz CT molecular complexity index is 482. The van der Waals surface area contributed by atoms with Gasteiger partial charge in [0.25, 0.3) is 5.91 Å². The number of hydrogen-bond donors (Lipinski definition) is 2. The molecule has 3 rings (SSSR count). The number of pyridine rings is 1. The summed E-state index contributed by atoms with van der Waals surface area (Å²) in [6.45, 7) is 1.49. The minimum absolute atomic E-state index is 0.165. The Labute approximate surface area is 104 Å². The normalized spacial score (nSPS) is 22.3. The standard InChI is InChI=1S/C12H14N4O2/c17-10-12(3-6-13-7-4-12)15-11(18)16(10)9-2-1-5-14-8-9/h1-2,5,8,13H,3-4,6-7H2,(H,15,18). The number of imide groups is 1. The molecule has 6 nitrogen and oxygen atoms in total. The van der Waals surface area contributed by atoms with Crippen molar-refractivity contribution >= 4 is 17.6 Å². The Morgan fingerprint density at radius 3 is 2.72 bits per heavy atom. The summed E-state index contributed by atoms with van der Waals surface area (Å²) in [7, 11) is 0. The highest BCUT2D eigenvalue weighted by Crippen LogP contribution is 2.30. The molecule has 2 N–H and O–H groups in total. The van der Waals surface area contributed by atoms with E-state index in [2.05, 4.69) is 15.6 Å². The first kappa shape index (κ1) is 11.2. The summed E-state index contributed by atoms with van der Waals surface area (Å²) in [5.74, 6) is -0.165. The van der Waals surface area contributed by atoms with Crippen LogP contribution in [-0.2, 0) is 4.79 Å². The van der Waals surface area contributed by atoms with Gasteiger partial charge in [0.05, 0.1) is 11.9 Å². The molecule has 6 heteroatoms. The van der Waals surface area contributed by atoms with Gasteiger partial charge in [-0.2, -0.15) is 0 Å². The third kappa shape index (κ3) is 1.57. The fraction of sp³-hybridized carbons (Fsp3) is 0.417. The van der Waals surface area contributed by atoms with E-state index in [9.17, 15) is 9.59 Å². The zero-order valence-corrected chi connectivity index (χ0v) is 9.85. The number of anilines is 1. The third-order valence-electron chi connectivity index (χ3n) is 3.52. The molecule has 1 aromatic heterocycles. The molecule has 3 heterocycles. The summed E-state index contributed by atoms with van der Waals surface area (Å²) in [5, 5.41) is 6.03. The Morgan fingerprint density at radius 1 is 1.28 bits per heavy atom. The van der Waals surface area contributed by atoms with Crippen LogP contribution in [0.15, 0.2) is 24.5 Å². The molecule has 18 heavy (non-hydrogen) atoms. The lowest BCUT2D eigenvalue weighted by Gasteiger charge is -2.30. The van der Waals surface area contributed by atoms with E-state index >= 15 is 0 Å². The molecule has 0 unspecified atom stereocenters. The maximum absolute atomic E-state index is 12.5. The molecule has 0 radical (unpaired) electrons. The SMILES string of the molecule is O=C1NC2(CCNCC2)C(=O)N1c1cccnc1. The number of hydrogen-bond acceptors (Lipinski definition) is 4. The van der Waals surface area contributed by atoms with Crippen LogP contribution in [0.25, 0.3) is 0 Å². The molecule has 2 aliphatic rings. The van der Waals surface area contributed by atoms with Gasteiger partial charge in [-0.25, -0.2) is 9.69 Å². The number of rotatable bonds is 1. The fourth-order valence-electron chi connectivity index (χ4n) is 2.53. The molecular weight excluding hydrogens is 232 g/mol. The molecule has 2 saturated heterocycles. The molecular formula is C12H14N4O2. The monoisotopic (exact) mass is 246 g/mol. The number of urea groups is 1. The van der Waals surface area contributed by atoms with E-state index in [1.54, 1.807) is 18.3 Å². The molecule has 3 amide bonds. The summed E-state index contributed by atoms with van der Waals surface area (Å²) >= 11 is 0. The van der Waals surface area contributed by atoms with Crippen LogP contribution in [0, 0.1) is 0 Å². The molecule has 0 saturated carbocycles. The molecule has 0 aliphatic carbocycles. The predicted molar refractivity (Wildman–Crippen MR) is 65.1 cm³/mol. The van der Waals surface area contributed by atoms with Crippen molar-refractivity contribution in [2.45, 2.75) is 18.4 Å². The van der Waals surface area contributed by atoms with Gasteiger partial charge >= 0.3 is 6.03 Å². The van der Waals surface area contributed by atoms with Crippen molar-refractivity contribution < 1.29 is 9.59 Å². The Kier molecular flexibility index (Phi) is 2.52. The van der Waals surface area contributed by atoms with Gasteiger partial charge in [0, 0.05) is 6.20 Å². The van der Waals surface area contributed by atoms with Gasteiger partial charge in [-0.05, 0) is 38.1 Å². The Balaban J connectivity index is 1.94. The van der Waals surface area contributed by atoms with Gasteiger partial charge < -0.3 is 10.6 Å². The summed E-state index contributed by atoms with van der Waals surface area (Å²) in [6.07, 6.45) is 4.41. The van der Waals surface area contributed by atoms with Gasteiger partial charge in [0.1, 0.15) is 5.54 Å². The topological polar surface area (TPSA) is 74.3 Å². The Hall–Kier alpha value is -1.95. The molecule has 1 aromatic rings. The molecule has 0 atom stereocenters. The first-order valence-corrected chi connectivity index (χ1v) is 6.00. The van der Waals surface area contributed by atoms with Crippen molar-refractivity contribution in [2.75, 3.05) is 18.0 Å². The van der Waals surface area contributed by atoms with Crippen LogP contribution in [-0.4, -0.2) is 35.6 Å². The first-order chi connectivity index (χ1) is 8.73. The van der Waals surface area contributed by atoms with Crippen molar-refractivity contribution in [1.29, 1.82) is 0 Å². The molecule has 0 bridgehead atoms. The summed E-state index contributed by atoms with van der Waals surface area (Å²) in [5.41, 5.74) is -0.201. The van der Waals surface area contributed by atoms with Crippen LogP contribution < -0.4 is 15.5 Å². The second-order valence-electron chi connectivity index (χ2n) is 4.61. The quantitative estimate of drug-likeness (QED) is 0.697. The van der Waals surface area contributed by atoms with Crippen molar-refractivity contribution in [3.8, 4) is 0 Å². The second kappa shape index (κ2) is 4.06. The summed E-state index contributed by atoms with van der Waals surface area (Å²) in [6, 6.07) is 3.07. The van der Waals surface area contributed by atoms with Crippen LogP contribution in [0.4, 0.5) is 10.5 Å². The predicted octanol–water partition coefficient (Wildman–Crippen LogP) is 0.260. The number of carbonyl (C=O) groups is 2. The van der Waals surface area contributed by atoms with Crippen LogP contribution >= 0.6 is 0 Å². The molecule has 1 spiro atoms. The maximum atomic E-state index is 12.5. The molecule has 94 valence electrons. The molecule has 2 fully saturated rings. The van der Waals surface area contributed by atoms with E-state index in [0.29, 0.717) is 18.5 Å². The van der Waals surface area contributed by atoms with Crippen LogP contribution in [0.2, 0.25) is 0 Å². The lowest BCUT2D eigenvalue weighted by Crippen LogP contribution is -2.53. The van der Waals surface area contributed by atoms with Gasteiger partial charge in [-0.3, -0.25) is 9.78 Å². The lowest BCUT2D eigenvalue weighted by atomic mass is 9.88. The minimum atomic E-state index is -0.724. The second-order valence-corrected chi connectivity index (χ2v) is 4.61. The lowest BCUT2D eigenvalue weighted by molar-refractivity contribution is -0.122. The summed E-state index contributed by atoms with van der Waals surface area (Å²) in [4.78, 5) is 29.6. The number of nitrogens with one attached hydrogen (secondary N) is 2. The van der Waals surface area contributed by atoms with Crippen LogP contribution in [0.1, 0.15) is 12.8 Å². The highest BCUT2D eigenvalue weighted by molar-refractivity contribution is 6.23. The van der Waals surface area contributed by atoms with E-state index in [4.69, 9.17) is 0 Å². The zero-order valence-electron chi connectivity index (χ0n) is 9.85. The minimum Gasteiger partial charge on any atom is -0.323 e. The van der Waals surface area contributed by atoms with Gasteiger partial charge in [-0.15, -0.1) is 0 Å². The first-order valence-electron chi connectivity index (χ1n) is 6.00. The van der Waals surface area contributed by atoms with E-state index in [-0.39, 0.29) is 11.9 Å². The Morgan fingerprint density at radius 2 is 2.06 bits per heavy atom. The number of nitrogens with zero attached hydrogens (tertiary/aromatic N) is 2. The van der Waals surface area contributed by atoms with Crippen molar-refractivity contribution in [1.82, 2.24) is 15.6 Å². The maximum Gasteiger partial charge on any atom is 0.329 e. The van der Waals surface area contributed by atoms with E-state index in [1.807, 2.05) is 0 Å². The van der Waals surface area contributed by atoms with E-state index in [1.165, 1.54) is 11.1 Å². The fourth-order valence-corrected chi connectivity index (χ4v) is 2.53. The number of amides is 3. The van der Waals surface area contributed by atoms with Crippen molar-refractivity contribution in [3.05, 3.63) is 24.5 Å². The molecule has 0 aromatic carbocycles. The zero-order chi connectivity index (χ0) is 12.6. The van der Waals surface area contributed by atoms with E-state index in [0.717, 1.165) is 13.1 Å².